The summed E-state index contributed by atoms with van der Waals surface area (Å²) in [5.41, 5.74) is 4.39. The van der Waals surface area contributed by atoms with Crippen LogP contribution in [0.3, 0.4) is 0 Å². The van der Waals surface area contributed by atoms with Crippen molar-refractivity contribution in [3.63, 3.8) is 0 Å². The monoisotopic (exact) mass is 490 g/mol. The molecule has 7 heteroatoms. The van der Waals surface area contributed by atoms with E-state index in [1.165, 1.54) is 34.2 Å². The Kier molecular flexibility index (Phi) is 7.68. The molecule has 1 atom stereocenters. The number of ether oxygens (including phenoxy) is 3. The molecule has 0 amide bonds. The Labute approximate surface area is 211 Å². The van der Waals surface area contributed by atoms with E-state index in [2.05, 4.69) is 41.8 Å². The van der Waals surface area contributed by atoms with E-state index in [-0.39, 0.29) is 24.1 Å². The Balaban J connectivity index is 1.12. The fraction of sp³-hybridized carbons (Fsp3) is 0.448. The van der Waals surface area contributed by atoms with Crippen LogP contribution in [0.5, 0.6) is 5.75 Å². The molecule has 0 N–H and O–H groups in total. The number of benzene rings is 1. The van der Waals surface area contributed by atoms with Crippen LogP contribution in [0.15, 0.2) is 51.9 Å². The van der Waals surface area contributed by atoms with E-state index >= 15 is 0 Å². The number of pyridine rings is 1. The van der Waals surface area contributed by atoms with Crippen molar-refractivity contribution in [1.82, 2.24) is 9.55 Å². The minimum atomic E-state index is -0.216. The molecule has 3 aromatic heterocycles. The predicted octanol–water partition coefficient (Wildman–Crippen LogP) is 6.05. The first-order valence-corrected chi connectivity index (χ1v) is 12.9. The average molecular weight is 491 g/mol. The van der Waals surface area contributed by atoms with Crippen molar-refractivity contribution in [2.24, 2.45) is 0 Å². The van der Waals surface area contributed by atoms with Crippen molar-refractivity contribution in [3.05, 3.63) is 69.9 Å². The molecule has 1 aromatic carbocycles. The van der Waals surface area contributed by atoms with Crippen molar-refractivity contribution in [3.8, 4) is 5.75 Å². The van der Waals surface area contributed by atoms with Crippen LogP contribution in [0.4, 0.5) is 0 Å². The maximum Gasteiger partial charge on any atom is 0.227 e. The molecule has 0 radical (unpaired) electrons. The molecule has 5 rings (SSSR count). The zero-order valence-electron chi connectivity index (χ0n) is 21.1. The minimum absolute atomic E-state index is 0.188. The zero-order valence-corrected chi connectivity index (χ0v) is 21.1. The summed E-state index contributed by atoms with van der Waals surface area (Å²) in [5.74, 6) is 0.719. The van der Waals surface area contributed by atoms with E-state index < -0.39 is 0 Å². The lowest BCUT2D eigenvalue weighted by Crippen LogP contribution is -2.22. The normalized spacial score (nSPS) is 16.1. The smallest absolute Gasteiger partial charge is 0.227 e. The summed E-state index contributed by atoms with van der Waals surface area (Å²) in [7, 11) is 0. The highest BCUT2D eigenvalue weighted by atomic mass is 16.7. The number of aromatic nitrogens is 2. The van der Waals surface area contributed by atoms with E-state index in [1.807, 2.05) is 6.92 Å². The highest BCUT2D eigenvalue weighted by Crippen LogP contribution is 2.31. The van der Waals surface area contributed by atoms with E-state index in [4.69, 9.17) is 23.6 Å². The van der Waals surface area contributed by atoms with Gasteiger partial charge in [0, 0.05) is 35.7 Å². The topological polar surface area (TPSA) is 75.7 Å². The standard InChI is InChI=1S/C29H34N2O5/c1-20-16-21(2)30-29-28(20)23-10-4-5-11-24(23)31(29)13-7-3-8-14-33-26-19-35-22(17-25(26)32)18-36-27-12-6-9-15-34-27/h4-5,10-11,16-17,19,27H,3,6-9,12-15,18H2,1-2H3. The maximum absolute atomic E-state index is 12.4. The van der Waals surface area contributed by atoms with Gasteiger partial charge in [-0.25, -0.2) is 4.98 Å². The molecule has 4 heterocycles. The fourth-order valence-corrected chi connectivity index (χ4v) is 4.97. The Hall–Kier alpha value is -3.16. The molecule has 4 aromatic rings. The zero-order chi connectivity index (χ0) is 24.9. The lowest BCUT2D eigenvalue weighted by atomic mass is 10.1. The summed E-state index contributed by atoms with van der Waals surface area (Å²) in [6.45, 7) is 6.51. The van der Waals surface area contributed by atoms with Gasteiger partial charge in [-0.2, -0.15) is 0 Å². The second-order valence-corrected chi connectivity index (χ2v) is 9.54. The molecule has 1 aliphatic rings. The van der Waals surface area contributed by atoms with Crippen LogP contribution in [0.2, 0.25) is 0 Å². The Morgan fingerprint density at radius 1 is 1.11 bits per heavy atom. The third-order valence-corrected chi connectivity index (χ3v) is 6.73. The summed E-state index contributed by atoms with van der Waals surface area (Å²) in [6, 6.07) is 12.1. The van der Waals surface area contributed by atoms with E-state index in [0.717, 1.165) is 63.0 Å². The van der Waals surface area contributed by atoms with Gasteiger partial charge < -0.3 is 23.2 Å². The van der Waals surface area contributed by atoms with Crippen LogP contribution in [0.1, 0.15) is 55.5 Å². The molecule has 0 bridgehead atoms. The van der Waals surface area contributed by atoms with Crippen LogP contribution in [-0.2, 0) is 22.6 Å². The Bertz CT molecular complexity index is 1380. The average Bonchev–Trinajstić information content (AvgIpc) is 3.20. The van der Waals surface area contributed by atoms with Crippen LogP contribution in [0, 0.1) is 13.8 Å². The quantitative estimate of drug-likeness (QED) is 0.252. The van der Waals surface area contributed by atoms with Crippen molar-refractivity contribution in [2.75, 3.05) is 13.2 Å². The highest BCUT2D eigenvalue weighted by molar-refractivity contribution is 6.08. The summed E-state index contributed by atoms with van der Waals surface area (Å²) in [4.78, 5) is 17.3. The molecule has 7 nitrogen and oxygen atoms in total. The number of fused-ring (bicyclic) bond motifs is 3. The molecule has 36 heavy (non-hydrogen) atoms. The van der Waals surface area contributed by atoms with Crippen molar-refractivity contribution < 1.29 is 18.6 Å². The molecule has 190 valence electrons. The van der Waals surface area contributed by atoms with Gasteiger partial charge in [-0.3, -0.25) is 4.79 Å². The molecular weight excluding hydrogens is 456 g/mol. The first-order valence-electron chi connectivity index (χ1n) is 12.9. The fourth-order valence-electron chi connectivity index (χ4n) is 4.97. The molecule has 0 spiro atoms. The van der Waals surface area contributed by atoms with Gasteiger partial charge in [0.05, 0.1) is 12.1 Å². The summed E-state index contributed by atoms with van der Waals surface area (Å²) in [6.07, 6.45) is 7.04. The predicted molar refractivity (Wildman–Crippen MR) is 139 cm³/mol. The summed E-state index contributed by atoms with van der Waals surface area (Å²) < 4.78 is 24.8. The molecule has 1 saturated heterocycles. The highest BCUT2D eigenvalue weighted by Gasteiger charge is 2.16. The number of unbranched alkanes of at least 4 members (excludes halogenated alkanes) is 2. The van der Waals surface area contributed by atoms with Gasteiger partial charge in [0.25, 0.3) is 0 Å². The van der Waals surface area contributed by atoms with Gasteiger partial charge in [-0.1, -0.05) is 18.2 Å². The third-order valence-electron chi connectivity index (χ3n) is 6.73. The molecule has 0 saturated carbocycles. The van der Waals surface area contributed by atoms with Crippen LogP contribution < -0.4 is 10.2 Å². The first-order chi connectivity index (χ1) is 17.6. The lowest BCUT2D eigenvalue weighted by Gasteiger charge is -2.22. The minimum Gasteiger partial charge on any atom is -0.487 e. The number of aryl methyl sites for hydroxylation is 3. The van der Waals surface area contributed by atoms with Crippen LogP contribution >= 0.6 is 0 Å². The van der Waals surface area contributed by atoms with Gasteiger partial charge in [-0.15, -0.1) is 0 Å². The van der Waals surface area contributed by atoms with Gasteiger partial charge in [0.2, 0.25) is 11.2 Å². The number of rotatable bonds is 10. The second-order valence-electron chi connectivity index (χ2n) is 9.54. The molecule has 1 aliphatic heterocycles. The Morgan fingerprint density at radius 3 is 2.83 bits per heavy atom. The van der Waals surface area contributed by atoms with Gasteiger partial charge in [0.1, 0.15) is 24.3 Å². The number of hydrogen-bond acceptors (Lipinski definition) is 6. The van der Waals surface area contributed by atoms with E-state index in [9.17, 15) is 4.79 Å². The van der Waals surface area contributed by atoms with E-state index in [0.29, 0.717) is 12.4 Å². The lowest BCUT2D eigenvalue weighted by molar-refractivity contribution is -0.171. The summed E-state index contributed by atoms with van der Waals surface area (Å²) in [5, 5.41) is 2.50. The SMILES string of the molecule is Cc1cc(C)c2c3ccccc3n(CCCCCOc3coc(COC4CCCCO4)cc3=O)c2n1. The first kappa shape index (κ1) is 24.5. The number of nitrogens with zero attached hydrogens (tertiary/aromatic N) is 2. The second kappa shape index (κ2) is 11.3. The molecule has 1 unspecified atom stereocenters. The van der Waals surface area contributed by atoms with Gasteiger partial charge in [0.15, 0.2) is 6.29 Å². The van der Waals surface area contributed by atoms with Crippen molar-refractivity contribution >= 4 is 21.9 Å². The van der Waals surface area contributed by atoms with Crippen LogP contribution in [0.25, 0.3) is 21.9 Å². The third kappa shape index (κ3) is 5.47. The summed E-state index contributed by atoms with van der Waals surface area (Å²) >= 11 is 0. The number of para-hydroxylation sites is 1. The molecular formula is C29H34N2O5. The van der Waals surface area contributed by atoms with Crippen LogP contribution in [-0.4, -0.2) is 29.1 Å². The Morgan fingerprint density at radius 2 is 2.00 bits per heavy atom. The largest absolute Gasteiger partial charge is 0.487 e. The van der Waals surface area contributed by atoms with Crippen molar-refractivity contribution in [1.29, 1.82) is 0 Å². The van der Waals surface area contributed by atoms with Gasteiger partial charge >= 0.3 is 0 Å². The molecule has 0 aliphatic carbocycles. The van der Waals surface area contributed by atoms with E-state index in [1.54, 1.807) is 0 Å². The maximum atomic E-state index is 12.4. The van der Waals surface area contributed by atoms with Gasteiger partial charge in [-0.05, 0) is 70.1 Å². The molecule has 1 fully saturated rings. The van der Waals surface area contributed by atoms with Crippen molar-refractivity contribution in [2.45, 2.75) is 71.8 Å². The number of hydrogen-bond donors (Lipinski definition) is 0.